The van der Waals surface area contributed by atoms with Crippen molar-refractivity contribution >= 4 is 23.2 Å². The van der Waals surface area contributed by atoms with Gasteiger partial charge in [-0.15, -0.1) is 0 Å². The van der Waals surface area contributed by atoms with E-state index in [2.05, 4.69) is 10.6 Å². The predicted octanol–water partition coefficient (Wildman–Crippen LogP) is 1.46. The molecule has 0 saturated heterocycles. The van der Waals surface area contributed by atoms with Crippen molar-refractivity contribution in [3.8, 4) is 0 Å². The van der Waals surface area contributed by atoms with Gasteiger partial charge in [0.15, 0.2) is 0 Å². The minimum absolute atomic E-state index is 0.00938. The maximum Gasteiger partial charge on any atom is 0.243 e. The van der Waals surface area contributed by atoms with Crippen LogP contribution in [0.1, 0.15) is 20.8 Å². The van der Waals surface area contributed by atoms with Crippen molar-refractivity contribution in [2.75, 3.05) is 10.6 Å². The average molecular weight is 253 g/mol. The molecule has 1 aromatic carbocycles. The molecule has 0 radical (unpaired) electrons. The summed E-state index contributed by atoms with van der Waals surface area (Å²) in [4.78, 5) is 22.5. The lowest BCUT2D eigenvalue weighted by Crippen LogP contribution is -2.45. The van der Waals surface area contributed by atoms with Gasteiger partial charge in [-0.05, 0) is 32.0 Å². The molecule has 0 aromatic heterocycles. The van der Waals surface area contributed by atoms with E-state index in [0.717, 1.165) is 6.07 Å². The predicted molar refractivity (Wildman–Crippen MR) is 67.6 cm³/mol. The summed E-state index contributed by atoms with van der Waals surface area (Å²) in [6, 6.07) is 3.88. The number of hydrogen-bond donors (Lipinski definition) is 3. The summed E-state index contributed by atoms with van der Waals surface area (Å²) in [7, 11) is 0. The van der Waals surface area contributed by atoms with E-state index in [1.807, 2.05) is 0 Å². The van der Waals surface area contributed by atoms with Gasteiger partial charge in [-0.25, -0.2) is 4.39 Å². The Balaban J connectivity index is 2.92. The maximum atomic E-state index is 13.3. The van der Waals surface area contributed by atoms with Crippen molar-refractivity contribution < 1.29 is 14.0 Å². The molecular weight excluding hydrogens is 237 g/mol. The fourth-order valence-electron chi connectivity index (χ4n) is 1.18. The molecule has 18 heavy (non-hydrogen) atoms. The van der Waals surface area contributed by atoms with Crippen LogP contribution in [-0.4, -0.2) is 17.4 Å². The fraction of sp³-hybridized carbons (Fsp3) is 0.333. The van der Waals surface area contributed by atoms with E-state index in [4.69, 9.17) is 5.73 Å². The van der Waals surface area contributed by atoms with E-state index >= 15 is 0 Å². The SMILES string of the molecule is CC(=O)Nc1cc(NC(=O)C(C)(C)N)ccc1F. The molecule has 0 fully saturated rings. The van der Waals surface area contributed by atoms with Crippen LogP contribution in [0.2, 0.25) is 0 Å². The number of anilines is 2. The number of hydrogen-bond acceptors (Lipinski definition) is 3. The Morgan fingerprint density at radius 3 is 2.39 bits per heavy atom. The largest absolute Gasteiger partial charge is 0.324 e. The third kappa shape index (κ3) is 3.81. The van der Waals surface area contributed by atoms with Crippen LogP contribution in [-0.2, 0) is 9.59 Å². The number of nitrogens with one attached hydrogen (secondary N) is 2. The number of amides is 2. The standard InChI is InChI=1S/C12H16FN3O2/c1-7(17)15-10-6-8(4-5-9(10)13)16-11(18)12(2,3)14/h4-6H,14H2,1-3H3,(H,15,17)(H,16,18). The van der Waals surface area contributed by atoms with Gasteiger partial charge in [0.05, 0.1) is 11.2 Å². The van der Waals surface area contributed by atoms with Crippen LogP contribution in [0.25, 0.3) is 0 Å². The molecule has 1 rings (SSSR count). The maximum absolute atomic E-state index is 13.3. The lowest BCUT2D eigenvalue weighted by Gasteiger charge is -2.18. The van der Waals surface area contributed by atoms with Crippen LogP contribution >= 0.6 is 0 Å². The molecule has 0 aliphatic heterocycles. The average Bonchev–Trinajstić information content (AvgIpc) is 2.20. The third-order valence-electron chi connectivity index (χ3n) is 2.12. The van der Waals surface area contributed by atoms with Crippen LogP contribution in [0.4, 0.5) is 15.8 Å². The first-order valence-corrected chi connectivity index (χ1v) is 5.37. The zero-order valence-corrected chi connectivity index (χ0v) is 10.5. The second kappa shape index (κ2) is 5.14. The smallest absolute Gasteiger partial charge is 0.243 e. The Morgan fingerprint density at radius 1 is 1.28 bits per heavy atom. The molecule has 2 amide bonds. The van der Waals surface area contributed by atoms with Crippen molar-refractivity contribution in [3.05, 3.63) is 24.0 Å². The zero-order valence-electron chi connectivity index (χ0n) is 10.5. The monoisotopic (exact) mass is 253 g/mol. The van der Waals surface area contributed by atoms with E-state index < -0.39 is 23.2 Å². The minimum Gasteiger partial charge on any atom is -0.324 e. The Morgan fingerprint density at radius 2 is 1.89 bits per heavy atom. The summed E-state index contributed by atoms with van der Waals surface area (Å²) < 4.78 is 13.3. The van der Waals surface area contributed by atoms with Crippen molar-refractivity contribution in [1.82, 2.24) is 0 Å². The Hall–Kier alpha value is -1.95. The van der Waals surface area contributed by atoms with Crippen LogP contribution in [0.15, 0.2) is 18.2 Å². The quantitative estimate of drug-likeness (QED) is 0.762. The van der Waals surface area contributed by atoms with Crippen LogP contribution < -0.4 is 16.4 Å². The van der Waals surface area contributed by atoms with Gasteiger partial charge in [0.2, 0.25) is 11.8 Å². The molecular formula is C12H16FN3O2. The van der Waals surface area contributed by atoms with Crippen molar-refractivity contribution in [1.29, 1.82) is 0 Å². The number of carbonyl (C=O) groups excluding carboxylic acids is 2. The topological polar surface area (TPSA) is 84.2 Å². The van der Waals surface area contributed by atoms with Crippen molar-refractivity contribution in [3.63, 3.8) is 0 Å². The highest BCUT2D eigenvalue weighted by molar-refractivity contribution is 5.98. The molecule has 5 nitrogen and oxygen atoms in total. The molecule has 98 valence electrons. The van der Waals surface area contributed by atoms with Crippen LogP contribution in [0, 0.1) is 5.82 Å². The Kier molecular flexibility index (Phi) is 4.03. The second-order valence-corrected chi connectivity index (χ2v) is 4.55. The third-order valence-corrected chi connectivity index (χ3v) is 2.12. The summed E-state index contributed by atoms with van der Waals surface area (Å²) >= 11 is 0. The summed E-state index contributed by atoms with van der Waals surface area (Å²) in [5.74, 6) is -1.37. The minimum atomic E-state index is -1.04. The van der Waals surface area contributed by atoms with Gasteiger partial charge in [0, 0.05) is 12.6 Å². The van der Waals surface area contributed by atoms with Crippen LogP contribution in [0.3, 0.4) is 0 Å². The van der Waals surface area contributed by atoms with Gasteiger partial charge < -0.3 is 16.4 Å². The summed E-state index contributed by atoms with van der Waals surface area (Å²) in [5, 5.41) is 4.87. The molecule has 0 saturated carbocycles. The van der Waals surface area contributed by atoms with Gasteiger partial charge in [0.1, 0.15) is 5.82 Å². The molecule has 0 bridgehead atoms. The van der Waals surface area contributed by atoms with E-state index in [0.29, 0.717) is 5.69 Å². The zero-order chi connectivity index (χ0) is 13.9. The van der Waals surface area contributed by atoms with E-state index in [1.165, 1.54) is 19.1 Å². The Bertz CT molecular complexity index is 481. The van der Waals surface area contributed by atoms with Gasteiger partial charge >= 0.3 is 0 Å². The number of nitrogens with two attached hydrogens (primary N) is 1. The molecule has 0 unspecified atom stereocenters. The van der Waals surface area contributed by atoms with Crippen molar-refractivity contribution in [2.24, 2.45) is 5.73 Å². The molecule has 0 atom stereocenters. The lowest BCUT2D eigenvalue weighted by molar-refractivity contribution is -0.120. The highest BCUT2D eigenvalue weighted by Gasteiger charge is 2.22. The number of carbonyl (C=O) groups is 2. The highest BCUT2D eigenvalue weighted by Crippen LogP contribution is 2.20. The molecule has 0 aliphatic carbocycles. The van der Waals surface area contributed by atoms with Gasteiger partial charge in [-0.3, -0.25) is 9.59 Å². The molecule has 0 aliphatic rings. The molecule has 0 heterocycles. The highest BCUT2D eigenvalue weighted by atomic mass is 19.1. The lowest BCUT2D eigenvalue weighted by atomic mass is 10.1. The first kappa shape index (κ1) is 14.1. The molecule has 1 aromatic rings. The van der Waals surface area contributed by atoms with Gasteiger partial charge in [-0.2, -0.15) is 0 Å². The first-order chi connectivity index (χ1) is 8.20. The van der Waals surface area contributed by atoms with Crippen LogP contribution in [0.5, 0.6) is 0 Å². The fourth-order valence-corrected chi connectivity index (χ4v) is 1.18. The van der Waals surface area contributed by atoms with Gasteiger partial charge in [0.25, 0.3) is 0 Å². The van der Waals surface area contributed by atoms with Crippen molar-refractivity contribution in [2.45, 2.75) is 26.3 Å². The number of halogens is 1. The second-order valence-electron chi connectivity index (χ2n) is 4.55. The summed E-state index contributed by atoms with van der Waals surface area (Å²) in [6.45, 7) is 4.38. The van der Waals surface area contributed by atoms with E-state index in [9.17, 15) is 14.0 Å². The Labute approximate surface area is 105 Å². The number of rotatable bonds is 3. The van der Waals surface area contributed by atoms with E-state index in [1.54, 1.807) is 13.8 Å². The normalized spacial score (nSPS) is 10.9. The molecule has 6 heteroatoms. The first-order valence-electron chi connectivity index (χ1n) is 5.37. The van der Waals surface area contributed by atoms with Gasteiger partial charge in [-0.1, -0.05) is 0 Å². The molecule has 0 spiro atoms. The summed E-state index contributed by atoms with van der Waals surface area (Å²) in [6.07, 6.45) is 0. The number of benzene rings is 1. The molecule has 4 N–H and O–H groups in total. The summed E-state index contributed by atoms with van der Waals surface area (Å²) in [5.41, 5.74) is 4.95. The van der Waals surface area contributed by atoms with E-state index in [-0.39, 0.29) is 5.69 Å².